The first kappa shape index (κ1) is 18.1. The second-order valence-corrected chi connectivity index (χ2v) is 10.0. The van der Waals surface area contributed by atoms with Crippen LogP contribution in [0.2, 0.25) is 0 Å². The van der Waals surface area contributed by atoms with Crippen LogP contribution in [0.4, 0.5) is 0 Å². The number of hydrogen-bond donors (Lipinski definition) is 0. The highest BCUT2D eigenvalue weighted by Gasteiger charge is 2.73. The molecule has 2 bridgehead atoms. The van der Waals surface area contributed by atoms with Crippen molar-refractivity contribution in [2.75, 3.05) is 0 Å². The Labute approximate surface area is 178 Å². The summed E-state index contributed by atoms with van der Waals surface area (Å²) < 4.78 is 5.85. The fourth-order valence-corrected chi connectivity index (χ4v) is 6.62. The second kappa shape index (κ2) is 5.70. The number of para-hydroxylation sites is 4. The van der Waals surface area contributed by atoms with Gasteiger partial charge in [0, 0.05) is 17.2 Å². The first-order valence-electron chi connectivity index (χ1n) is 10.2. The Morgan fingerprint density at radius 1 is 0.867 bits per heavy atom. The lowest BCUT2D eigenvalue weighted by atomic mass is 9.64. The van der Waals surface area contributed by atoms with Crippen LogP contribution in [0.5, 0.6) is 0 Å². The van der Waals surface area contributed by atoms with Crippen LogP contribution in [0.15, 0.2) is 58.2 Å². The molecule has 0 N–H and O–H groups in total. The number of carbonyl (C=O) groups is 1. The minimum Gasteiger partial charge on any atom is -0.431 e. The number of fused-ring (bicyclic) bond motifs is 7. The molecule has 0 spiro atoms. The molecule has 0 amide bonds. The van der Waals surface area contributed by atoms with Crippen molar-refractivity contribution in [1.82, 2.24) is 15.0 Å². The third-order valence-electron chi connectivity index (χ3n) is 7.75. The summed E-state index contributed by atoms with van der Waals surface area (Å²) >= 11 is 1.10. The molecule has 4 aromatic rings. The molecule has 0 saturated heterocycles. The van der Waals surface area contributed by atoms with Gasteiger partial charge in [0.15, 0.2) is 5.58 Å². The fourth-order valence-electron chi connectivity index (χ4n) is 5.56. The molecule has 2 aliphatic rings. The quantitative estimate of drug-likeness (QED) is 0.407. The lowest BCUT2D eigenvalue weighted by molar-refractivity contribution is -0.119. The van der Waals surface area contributed by atoms with Crippen molar-refractivity contribution in [3.8, 4) is 0 Å². The number of aromatic nitrogens is 3. The van der Waals surface area contributed by atoms with Crippen LogP contribution in [-0.2, 0) is 15.6 Å². The number of oxazole rings is 1. The third kappa shape index (κ3) is 2.00. The van der Waals surface area contributed by atoms with E-state index in [4.69, 9.17) is 14.4 Å². The predicted octanol–water partition coefficient (Wildman–Crippen LogP) is 5.42. The average Bonchev–Trinajstić information content (AvgIpc) is 3.28. The van der Waals surface area contributed by atoms with Gasteiger partial charge >= 0.3 is 0 Å². The average molecular weight is 416 g/mol. The number of rotatable bonds is 2. The molecule has 0 aliphatic heterocycles. The predicted molar refractivity (Wildman–Crippen MR) is 116 cm³/mol. The van der Waals surface area contributed by atoms with Gasteiger partial charge in [0.1, 0.15) is 5.52 Å². The summed E-state index contributed by atoms with van der Waals surface area (Å²) in [4.78, 5) is 28.5. The Morgan fingerprint density at radius 2 is 1.50 bits per heavy atom. The molecule has 2 aliphatic carbocycles. The highest BCUT2D eigenvalue weighted by Crippen LogP contribution is 2.71. The highest BCUT2D eigenvalue weighted by molar-refractivity contribution is 8.13. The molecular weight excluding hydrogens is 394 g/mol. The molecular formula is C24H21N3O2S. The largest absolute Gasteiger partial charge is 0.431 e. The summed E-state index contributed by atoms with van der Waals surface area (Å²) in [7, 11) is 0. The van der Waals surface area contributed by atoms with Gasteiger partial charge in [-0.3, -0.25) is 4.79 Å². The van der Waals surface area contributed by atoms with Gasteiger partial charge in [0.2, 0.25) is 5.12 Å². The van der Waals surface area contributed by atoms with E-state index in [2.05, 4.69) is 25.8 Å². The summed E-state index contributed by atoms with van der Waals surface area (Å²) in [5.74, 6) is 0. The highest BCUT2D eigenvalue weighted by atomic mass is 32.2. The molecule has 2 unspecified atom stereocenters. The zero-order valence-electron chi connectivity index (χ0n) is 17.1. The van der Waals surface area contributed by atoms with Crippen molar-refractivity contribution in [3.63, 3.8) is 0 Å². The molecule has 6 rings (SSSR count). The molecule has 2 heterocycles. The van der Waals surface area contributed by atoms with E-state index in [1.165, 1.54) is 0 Å². The minimum atomic E-state index is -0.709. The van der Waals surface area contributed by atoms with Crippen LogP contribution in [0.25, 0.3) is 22.1 Å². The number of thioether (sulfide) groups is 1. The molecule has 2 atom stereocenters. The molecule has 6 heteroatoms. The number of hydrogen-bond acceptors (Lipinski definition) is 6. The smallest absolute Gasteiger partial charge is 0.264 e. The van der Waals surface area contributed by atoms with E-state index in [0.717, 1.165) is 52.5 Å². The van der Waals surface area contributed by atoms with Crippen molar-refractivity contribution in [1.29, 1.82) is 0 Å². The van der Waals surface area contributed by atoms with Crippen LogP contribution in [0.3, 0.4) is 0 Å². The van der Waals surface area contributed by atoms with E-state index >= 15 is 0 Å². The zero-order valence-corrected chi connectivity index (χ0v) is 17.9. The Bertz CT molecular complexity index is 1330. The van der Waals surface area contributed by atoms with Crippen molar-refractivity contribution in [2.45, 2.75) is 49.7 Å². The first-order valence-corrected chi connectivity index (χ1v) is 11.0. The van der Waals surface area contributed by atoms with Gasteiger partial charge < -0.3 is 4.42 Å². The summed E-state index contributed by atoms with van der Waals surface area (Å²) in [6, 6.07) is 15.5. The molecule has 1 fully saturated rings. The van der Waals surface area contributed by atoms with Crippen LogP contribution < -0.4 is 0 Å². The van der Waals surface area contributed by atoms with Crippen molar-refractivity contribution < 1.29 is 9.21 Å². The lowest BCUT2D eigenvalue weighted by Crippen LogP contribution is -2.44. The number of carbonyl (C=O) groups excluding carboxylic acids is 1. The molecule has 0 radical (unpaired) electrons. The van der Waals surface area contributed by atoms with E-state index in [1.807, 2.05) is 48.5 Å². The van der Waals surface area contributed by atoms with Gasteiger partial charge in [0.05, 0.1) is 27.8 Å². The van der Waals surface area contributed by atoms with Crippen molar-refractivity contribution in [3.05, 3.63) is 59.9 Å². The van der Waals surface area contributed by atoms with Gasteiger partial charge in [-0.25, -0.2) is 15.0 Å². The Morgan fingerprint density at radius 3 is 2.20 bits per heavy atom. The second-order valence-electron chi connectivity index (χ2n) is 9.11. The maximum absolute atomic E-state index is 13.9. The van der Waals surface area contributed by atoms with E-state index in [9.17, 15) is 4.79 Å². The minimum absolute atomic E-state index is 0.0473. The molecule has 150 valence electrons. The Hall–Kier alpha value is -2.73. The molecule has 30 heavy (non-hydrogen) atoms. The van der Waals surface area contributed by atoms with E-state index in [1.54, 1.807) is 0 Å². The first-order chi connectivity index (χ1) is 14.4. The molecule has 5 nitrogen and oxygen atoms in total. The summed E-state index contributed by atoms with van der Waals surface area (Å²) in [5, 5.41) is 0.438. The zero-order chi connectivity index (χ0) is 20.7. The summed E-state index contributed by atoms with van der Waals surface area (Å²) in [6.45, 7) is 6.62. The van der Waals surface area contributed by atoms with Gasteiger partial charge in [0.25, 0.3) is 5.22 Å². The Balaban J connectivity index is 1.52. The van der Waals surface area contributed by atoms with E-state index in [0.29, 0.717) is 10.8 Å². The fraction of sp³-hybridized carbons (Fsp3) is 0.333. The van der Waals surface area contributed by atoms with Crippen LogP contribution >= 0.6 is 11.8 Å². The van der Waals surface area contributed by atoms with Crippen LogP contribution in [-0.4, -0.2) is 20.1 Å². The maximum atomic E-state index is 13.9. The summed E-state index contributed by atoms with van der Waals surface area (Å²) in [5.41, 5.74) is 3.78. The Kier molecular flexibility index (Phi) is 3.43. The summed E-state index contributed by atoms with van der Waals surface area (Å²) in [6.07, 6.45) is 1.68. The number of nitrogens with zero attached hydrogens (tertiary/aromatic N) is 3. The normalized spacial score (nSPS) is 26.4. The van der Waals surface area contributed by atoms with Crippen LogP contribution in [0.1, 0.15) is 45.0 Å². The van der Waals surface area contributed by atoms with Gasteiger partial charge in [-0.1, -0.05) is 45.0 Å². The van der Waals surface area contributed by atoms with E-state index < -0.39 is 5.41 Å². The van der Waals surface area contributed by atoms with E-state index in [-0.39, 0.29) is 15.9 Å². The number of benzene rings is 2. The van der Waals surface area contributed by atoms with Gasteiger partial charge in [-0.2, -0.15) is 0 Å². The monoisotopic (exact) mass is 415 g/mol. The van der Waals surface area contributed by atoms with Crippen molar-refractivity contribution >= 4 is 39.0 Å². The molecule has 1 saturated carbocycles. The SMILES string of the molecule is CC12CCC(C(=O)Sc3nc4ccccc4o3)(c3nc4ccccc4nc31)C2(C)C. The molecule has 2 aromatic heterocycles. The standard InChI is InChI=1S/C24H21N3O2S/c1-22(2)23(3)12-13-24(22,19-18(23)25-14-8-4-5-9-15(14)26-19)20(28)30-21-27-16-10-6-7-11-17(16)29-21/h4-11H,12-13H2,1-3H3. The van der Waals surface area contributed by atoms with Gasteiger partial charge in [-0.05, 0) is 42.5 Å². The van der Waals surface area contributed by atoms with Crippen molar-refractivity contribution in [2.24, 2.45) is 5.41 Å². The maximum Gasteiger partial charge on any atom is 0.264 e. The topological polar surface area (TPSA) is 68.9 Å². The lowest BCUT2D eigenvalue weighted by Gasteiger charge is -2.39. The molecule has 2 aromatic carbocycles. The van der Waals surface area contributed by atoms with Crippen LogP contribution in [0, 0.1) is 5.41 Å². The third-order valence-corrected chi connectivity index (χ3v) is 8.63. The van der Waals surface area contributed by atoms with Gasteiger partial charge in [-0.15, -0.1) is 0 Å².